The first-order valence-electron chi connectivity index (χ1n) is 8.84. The van der Waals surface area contributed by atoms with Crippen molar-refractivity contribution in [1.29, 1.82) is 0 Å². The maximum absolute atomic E-state index is 12.3. The molecule has 5 nitrogen and oxygen atoms in total. The van der Waals surface area contributed by atoms with E-state index in [1.807, 2.05) is 27.0 Å². The molecule has 1 fully saturated rings. The van der Waals surface area contributed by atoms with Gasteiger partial charge in [0.15, 0.2) is 0 Å². The van der Waals surface area contributed by atoms with Crippen LogP contribution in [0.2, 0.25) is 0 Å². The molecule has 0 spiro atoms. The molecule has 1 aliphatic heterocycles. The molecule has 1 aliphatic rings. The zero-order valence-corrected chi connectivity index (χ0v) is 15.7. The molecular weight excluding hydrogens is 314 g/mol. The third-order valence-corrected chi connectivity index (χ3v) is 4.43. The average Bonchev–Trinajstić information content (AvgIpc) is 2.52. The fourth-order valence-electron chi connectivity index (χ4n) is 3.23. The van der Waals surface area contributed by atoms with E-state index in [9.17, 15) is 4.79 Å². The SMILES string of the molecule is Cc1ccc2ncc(N3CCN(C(=O)OC(C)(C)C)C[C@@H]3C)cc2c1. The quantitative estimate of drug-likeness (QED) is 0.787. The van der Waals surface area contributed by atoms with Crippen LogP contribution in [0.5, 0.6) is 0 Å². The van der Waals surface area contributed by atoms with Crippen LogP contribution in [0.25, 0.3) is 10.9 Å². The molecule has 0 aliphatic carbocycles. The van der Waals surface area contributed by atoms with E-state index in [0.717, 1.165) is 23.1 Å². The van der Waals surface area contributed by atoms with Gasteiger partial charge in [-0.1, -0.05) is 11.6 Å². The molecule has 1 atom stereocenters. The van der Waals surface area contributed by atoms with Crippen LogP contribution in [0.1, 0.15) is 33.3 Å². The molecule has 2 heterocycles. The van der Waals surface area contributed by atoms with Gasteiger partial charge >= 0.3 is 6.09 Å². The first-order chi connectivity index (χ1) is 11.7. The number of amides is 1. The van der Waals surface area contributed by atoms with E-state index in [2.05, 4.69) is 48.0 Å². The number of hydrogen-bond donors (Lipinski definition) is 0. The fraction of sp³-hybridized carbons (Fsp3) is 0.500. The van der Waals surface area contributed by atoms with Crippen LogP contribution in [0, 0.1) is 6.92 Å². The molecule has 1 aromatic heterocycles. The zero-order chi connectivity index (χ0) is 18.2. The lowest BCUT2D eigenvalue weighted by atomic mass is 10.1. The standard InChI is InChI=1S/C20H27N3O2/c1-14-6-7-18-16(10-14)11-17(12-21-18)23-9-8-22(13-15(23)2)19(24)25-20(3,4)5/h6-7,10-12,15H,8-9,13H2,1-5H3/t15-/m0/s1. The van der Waals surface area contributed by atoms with Gasteiger partial charge < -0.3 is 14.5 Å². The first kappa shape index (κ1) is 17.5. The number of fused-ring (bicyclic) bond motifs is 1. The summed E-state index contributed by atoms with van der Waals surface area (Å²) in [6.07, 6.45) is 1.70. The Hall–Kier alpha value is -2.30. The lowest BCUT2D eigenvalue weighted by molar-refractivity contribution is 0.0219. The van der Waals surface area contributed by atoms with Crippen molar-refractivity contribution in [2.24, 2.45) is 0 Å². The van der Waals surface area contributed by atoms with Crippen molar-refractivity contribution in [3.63, 3.8) is 0 Å². The summed E-state index contributed by atoms with van der Waals surface area (Å²) < 4.78 is 5.49. The molecule has 0 bridgehead atoms. The fourth-order valence-corrected chi connectivity index (χ4v) is 3.23. The van der Waals surface area contributed by atoms with Crippen molar-refractivity contribution in [2.75, 3.05) is 24.5 Å². The molecule has 0 N–H and O–H groups in total. The molecule has 134 valence electrons. The van der Waals surface area contributed by atoms with Crippen molar-refractivity contribution in [3.8, 4) is 0 Å². The Kier molecular flexibility index (Phi) is 4.58. The van der Waals surface area contributed by atoms with Gasteiger partial charge in [-0.25, -0.2) is 4.79 Å². The van der Waals surface area contributed by atoms with Crippen LogP contribution >= 0.6 is 0 Å². The summed E-state index contributed by atoms with van der Waals surface area (Å²) in [6.45, 7) is 12.0. The normalized spacial score (nSPS) is 18.5. The molecule has 5 heteroatoms. The van der Waals surface area contributed by atoms with Gasteiger partial charge in [0.05, 0.1) is 17.4 Å². The third-order valence-electron chi connectivity index (χ3n) is 4.43. The Bertz CT molecular complexity index is 782. The van der Waals surface area contributed by atoms with Gasteiger partial charge in [0.1, 0.15) is 5.60 Å². The number of carbonyl (C=O) groups is 1. The first-order valence-corrected chi connectivity index (χ1v) is 8.84. The van der Waals surface area contributed by atoms with Gasteiger partial charge in [0.2, 0.25) is 0 Å². The van der Waals surface area contributed by atoms with E-state index in [1.165, 1.54) is 5.56 Å². The largest absolute Gasteiger partial charge is 0.444 e. The number of benzene rings is 1. The number of ether oxygens (including phenoxy) is 1. The molecule has 1 aromatic carbocycles. The van der Waals surface area contributed by atoms with Crippen molar-refractivity contribution < 1.29 is 9.53 Å². The summed E-state index contributed by atoms with van der Waals surface area (Å²) >= 11 is 0. The van der Waals surface area contributed by atoms with Crippen molar-refractivity contribution in [3.05, 3.63) is 36.0 Å². The van der Waals surface area contributed by atoms with E-state index in [4.69, 9.17) is 4.74 Å². The minimum absolute atomic E-state index is 0.213. The maximum Gasteiger partial charge on any atom is 0.410 e. The zero-order valence-electron chi connectivity index (χ0n) is 15.7. The minimum Gasteiger partial charge on any atom is -0.444 e. The van der Waals surface area contributed by atoms with E-state index in [1.54, 1.807) is 4.90 Å². The number of pyridine rings is 1. The van der Waals surface area contributed by atoms with E-state index >= 15 is 0 Å². The smallest absolute Gasteiger partial charge is 0.410 e. The van der Waals surface area contributed by atoms with Gasteiger partial charge in [0.25, 0.3) is 0 Å². The van der Waals surface area contributed by atoms with Crippen molar-refractivity contribution >= 4 is 22.7 Å². The predicted molar refractivity (Wildman–Crippen MR) is 101 cm³/mol. The summed E-state index contributed by atoms with van der Waals surface area (Å²) in [4.78, 5) is 21.0. The molecule has 25 heavy (non-hydrogen) atoms. The number of carbonyl (C=O) groups excluding carboxylic acids is 1. The average molecular weight is 341 g/mol. The number of rotatable bonds is 1. The molecule has 1 amide bonds. The highest BCUT2D eigenvalue weighted by atomic mass is 16.6. The molecule has 0 unspecified atom stereocenters. The summed E-state index contributed by atoms with van der Waals surface area (Å²) in [5.41, 5.74) is 2.88. The highest BCUT2D eigenvalue weighted by molar-refractivity contribution is 5.82. The Morgan fingerprint density at radius 3 is 2.68 bits per heavy atom. The number of nitrogens with zero attached hydrogens (tertiary/aromatic N) is 3. The highest BCUT2D eigenvalue weighted by Crippen LogP contribution is 2.25. The topological polar surface area (TPSA) is 45.7 Å². The van der Waals surface area contributed by atoms with E-state index < -0.39 is 5.60 Å². The molecule has 2 aromatic rings. The van der Waals surface area contributed by atoms with E-state index in [-0.39, 0.29) is 12.1 Å². The number of piperazine rings is 1. The second-order valence-corrected chi connectivity index (χ2v) is 7.86. The number of hydrogen-bond acceptors (Lipinski definition) is 4. The Labute approximate surface area is 149 Å². The second kappa shape index (κ2) is 6.54. The lowest BCUT2D eigenvalue weighted by Gasteiger charge is -2.41. The second-order valence-electron chi connectivity index (χ2n) is 7.86. The molecule has 1 saturated heterocycles. The summed E-state index contributed by atoms with van der Waals surface area (Å²) in [5.74, 6) is 0. The third kappa shape index (κ3) is 4.03. The molecule has 0 saturated carbocycles. The van der Waals surface area contributed by atoms with Crippen molar-refractivity contribution in [2.45, 2.75) is 46.3 Å². The van der Waals surface area contributed by atoms with Crippen LogP contribution < -0.4 is 4.90 Å². The van der Waals surface area contributed by atoms with Gasteiger partial charge in [-0.3, -0.25) is 4.98 Å². The molecule has 0 radical (unpaired) electrons. The van der Waals surface area contributed by atoms with Crippen LogP contribution in [-0.4, -0.2) is 47.3 Å². The van der Waals surface area contributed by atoms with Crippen LogP contribution in [-0.2, 0) is 4.74 Å². The number of anilines is 1. The Morgan fingerprint density at radius 1 is 1.24 bits per heavy atom. The molecule has 3 rings (SSSR count). The maximum atomic E-state index is 12.3. The van der Waals surface area contributed by atoms with Crippen LogP contribution in [0.4, 0.5) is 10.5 Å². The lowest BCUT2D eigenvalue weighted by Crippen LogP contribution is -2.54. The van der Waals surface area contributed by atoms with Gasteiger partial charge in [-0.15, -0.1) is 0 Å². The van der Waals surface area contributed by atoms with E-state index in [0.29, 0.717) is 13.1 Å². The minimum atomic E-state index is -0.461. The number of aromatic nitrogens is 1. The monoisotopic (exact) mass is 341 g/mol. The van der Waals surface area contributed by atoms with Gasteiger partial charge in [-0.2, -0.15) is 0 Å². The van der Waals surface area contributed by atoms with Crippen LogP contribution in [0.3, 0.4) is 0 Å². The van der Waals surface area contributed by atoms with Crippen molar-refractivity contribution in [1.82, 2.24) is 9.88 Å². The highest BCUT2D eigenvalue weighted by Gasteiger charge is 2.30. The Morgan fingerprint density at radius 2 is 2.00 bits per heavy atom. The Balaban J connectivity index is 1.74. The number of aryl methyl sites for hydroxylation is 1. The summed E-state index contributed by atoms with van der Waals surface area (Å²) in [6, 6.07) is 8.70. The van der Waals surface area contributed by atoms with Gasteiger partial charge in [0, 0.05) is 31.1 Å². The van der Waals surface area contributed by atoms with Crippen LogP contribution in [0.15, 0.2) is 30.5 Å². The summed E-state index contributed by atoms with van der Waals surface area (Å²) in [7, 11) is 0. The summed E-state index contributed by atoms with van der Waals surface area (Å²) in [5, 5.41) is 1.15. The predicted octanol–water partition coefficient (Wildman–Crippen LogP) is 3.99. The van der Waals surface area contributed by atoms with Gasteiger partial charge in [-0.05, 0) is 52.8 Å². The molecular formula is C20H27N3O2.